The van der Waals surface area contributed by atoms with Crippen LogP contribution in [0, 0.1) is 0 Å². The average molecular weight is 409 g/mol. The quantitative estimate of drug-likeness (QED) is 0.620. The van der Waals surface area contributed by atoms with E-state index in [1.54, 1.807) is 6.07 Å². The minimum atomic E-state index is -0.440. The number of benzene rings is 2. The van der Waals surface area contributed by atoms with E-state index in [-0.39, 0.29) is 12.6 Å². The fourth-order valence-electron chi connectivity index (χ4n) is 2.80. The van der Waals surface area contributed by atoms with E-state index in [0.717, 1.165) is 11.1 Å². The van der Waals surface area contributed by atoms with Gasteiger partial charge < -0.3 is 19.9 Å². The number of rotatable bonds is 5. The molecule has 0 amide bonds. The maximum absolute atomic E-state index is 12.3. The lowest BCUT2D eigenvalue weighted by Gasteiger charge is -2.12. The fraction of sp³-hybridized carbons (Fsp3) is 0.227. The van der Waals surface area contributed by atoms with Crippen molar-refractivity contribution in [3.63, 3.8) is 0 Å². The highest BCUT2D eigenvalue weighted by molar-refractivity contribution is 5.91. The summed E-state index contributed by atoms with van der Waals surface area (Å²) < 4.78 is 15.8. The molecule has 4 rings (SSSR count). The number of esters is 1. The van der Waals surface area contributed by atoms with Crippen LogP contribution in [0.3, 0.4) is 0 Å². The number of carbonyl (C=O) groups is 1. The van der Waals surface area contributed by atoms with E-state index in [4.69, 9.17) is 19.9 Å². The zero-order valence-electron chi connectivity index (χ0n) is 16.3. The Kier molecular flexibility index (Phi) is 7.71. The Morgan fingerprint density at radius 3 is 2.43 bits per heavy atom. The summed E-state index contributed by atoms with van der Waals surface area (Å²) in [6, 6.07) is 19.1. The van der Waals surface area contributed by atoms with Crippen LogP contribution in [0.4, 0.5) is 5.82 Å². The molecule has 1 saturated heterocycles. The number of nitrogens with one attached hydrogen (secondary N) is 1. The van der Waals surface area contributed by atoms with E-state index in [1.807, 2.05) is 48.5 Å². The van der Waals surface area contributed by atoms with E-state index < -0.39 is 12.0 Å². The molecule has 1 aromatic heterocycles. The molecule has 3 N–H and O–H groups in total. The topological polar surface area (TPSA) is 117 Å². The zero-order chi connectivity index (χ0) is 21.2. The molecule has 0 radical (unpaired) electrons. The Bertz CT molecular complexity index is 1000. The Labute approximate surface area is 173 Å². The van der Waals surface area contributed by atoms with Crippen LogP contribution in [0.15, 0.2) is 71.7 Å². The molecule has 8 nitrogen and oxygen atoms in total. The standard InChI is InChI=1S/C18H18O4.C4H5N3O/c19-18(22-13-17-20-10-11-21-17)16-9-5-4-8-15(16)12-14-6-2-1-3-7-14;5-3-1-2-6-4(8)7-3/h1-9,17H,10-13H2;1-2H,(H3,5,6,7,8). The van der Waals surface area contributed by atoms with Crippen LogP contribution in [0.5, 0.6) is 0 Å². The Balaban J connectivity index is 0.000000269. The fourth-order valence-corrected chi connectivity index (χ4v) is 2.80. The van der Waals surface area contributed by atoms with Gasteiger partial charge in [0.25, 0.3) is 0 Å². The maximum atomic E-state index is 12.3. The lowest BCUT2D eigenvalue weighted by atomic mass is 10.00. The molecule has 0 aliphatic carbocycles. The van der Waals surface area contributed by atoms with Crippen molar-refractivity contribution < 1.29 is 19.0 Å². The number of hydrogen-bond acceptors (Lipinski definition) is 7. The molecular weight excluding hydrogens is 386 g/mol. The molecule has 3 aromatic rings. The first-order valence-electron chi connectivity index (χ1n) is 9.45. The Morgan fingerprint density at radius 2 is 1.77 bits per heavy atom. The predicted octanol–water partition coefficient (Wildman–Crippen LogP) is 2.16. The highest BCUT2D eigenvalue weighted by Crippen LogP contribution is 2.16. The minimum absolute atomic E-state index is 0.124. The largest absolute Gasteiger partial charge is 0.457 e. The van der Waals surface area contributed by atoms with Gasteiger partial charge in [-0.15, -0.1) is 0 Å². The summed E-state index contributed by atoms with van der Waals surface area (Å²) in [5, 5.41) is 0. The number of anilines is 1. The van der Waals surface area contributed by atoms with Gasteiger partial charge in [-0.05, 0) is 29.7 Å². The van der Waals surface area contributed by atoms with Crippen molar-refractivity contribution in [2.24, 2.45) is 0 Å². The lowest BCUT2D eigenvalue weighted by molar-refractivity contribution is -0.0810. The number of nitrogens with zero attached hydrogens (tertiary/aromatic N) is 1. The van der Waals surface area contributed by atoms with Crippen molar-refractivity contribution in [3.8, 4) is 0 Å². The molecule has 1 aliphatic rings. The second-order valence-electron chi connectivity index (χ2n) is 6.42. The smallest absolute Gasteiger partial charge is 0.346 e. The number of nitrogen functional groups attached to an aromatic ring is 1. The average Bonchev–Trinajstić information content (AvgIpc) is 3.27. The van der Waals surface area contributed by atoms with Crippen LogP contribution in [0.2, 0.25) is 0 Å². The van der Waals surface area contributed by atoms with Crippen molar-refractivity contribution in [3.05, 3.63) is 94.0 Å². The van der Waals surface area contributed by atoms with Crippen LogP contribution in [-0.2, 0) is 20.6 Å². The van der Waals surface area contributed by atoms with Gasteiger partial charge in [0.2, 0.25) is 0 Å². The molecule has 1 aliphatic heterocycles. The number of H-pyrrole nitrogens is 1. The van der Waals surface area contributed by atoms with Crippen molar-refractivity contribution in [2.75, 3.05) is 25.6 Å². The molecule has 0 bridgehead atoms. The minimum Gasteiger partial charge on any atom is -0.457 e. The van der Waals surface area contributed by atoms with Crippen LogP contribution in [0.1, 0.15) is 21.5 Å². The second kappa shape index (κ2) is 10.9. The van der Waals surface area contributed by atoms with Gasteiger partial charge in [-0.2, -0.15) is 0 Å². The third-order valence-electron chi connectivity index (χ3n) is 4.21. The summed E-state index contributed by atoms with van der Waals surface area (Å²) in [4.78, 5) is 28.2. The first kappa shape index (κ1) is 21.2. The first-order chi connectivity index (χ1) is 14.6. The van der Waals surface area contributed by atoms with Gasteiger partial charge in [0.15, 0.2) is 6.29 Å². The van der Waals surface area contributed by atoms with Gasteiger partial charge in [0.1, 0.15) is 12.4 Å². The lowest BCUT2D eigenvalue weighted by Crippen LogP contribution is -2.20. The van der Waals surface area contributed by atoms with Crippen LogP contribution in [-0.4, -0.2) is 42.0 Å². The SMILES string of the molecule is Nc1ccnc(=O)[nH]1.O=C(OCC1OCCO1)c1ccccc1Cc1ccccc1. The molecule has 0 spiro atoms. The molecule has 30 heavy (non-hydrogen) atoms. The number of nitrogens with two attached hydrogens (primary N) is 1. The molecule has 2 heterocycles. The highest BCUT2D eigenvalue weighted by Gasteiger charge is 2.19. The molecule has 2 aromatic carbocycles. The summed E-state index contributed by atoms with van der Waals surface area (Å²) in [5.41, 5.74) is 7.45. The molecule has 156 valence electrons. The van der Waals surface area contributed by atoms with E-state index in [1.165, 1.54) is 12.3 Å². The van der Waals surface area contributed by atoms with E-state index in [9.17, 15) is 9.59 Å². The number of ether oxygens (including phenoxy) is 3. The molecule has 1 fully saturated rings. The molecular formula is C22H23N3O5. The second-order valence-corrected chi connectivity index (χ2v) is 6.42. The van der Waals surface area contributed by atoms with Crippen LogP contribution < -0.4 is 11.4 Å². The summed E-state index contributed by atoms with van der Waals surface area (Å²) >= 11 is 0. The van der Waals surface area contributed by atoms with Crippen molar-refractivity contribution in [2.45, 2.75) is 12.7 Å². The third-order valence-corrected chi connectivity index (χ3v) is 4.21. The maximum Gasteiger partial charge on any atom is 0.346 e. The van der Waals surface area contributed by atoms with Gasteiger partial charge in [-0.3, -0.25) is 4.98 Å². The third kappa shape index (κ3) is 6.54. The highest BCUT2D eigenvalue weighted by atomic mass is 16.7. The summed E-state index contributed by atoms with van der Waals surface area (Å²) in [6.45, 7) is 1.22. The summed E-state index contributed by atoms with van der Waals surface area (Å²) in [7, 11) is 0. The molecule has 0 unspecified atom stereocenters. The Hall–Kier alpha value is -3.49. The Morgan fingerprint density at radius 1 is 1.07 bits per heavy atom. The van der Waals surface area contributed by atoms with Gasteiger partial charge in [-0.25, -0.2) is 14.6 Å². The van der Waals surface area contributed by atoms with E-state index in [0.29, 0.717) is 31.0 Å². The van der Waals surface area contributed by atoms with Crippen molar-refractivity contribution in [1.29, 1.82) is 0 Å². The van der Waals surface area contributed by atoms with Crippen LogP contribution >= 0.6 is 0 Å². The molecule has 0 saturated carbocycles. The van der Waals surface area contributed by atoms with Gasteiger partial charge in [0, 0.05) is 6.20 Å². The molecule has 0 atom stereocenters. The monoisotopic (exact) mass is 409 g/mol. The first-order valence-corrected chi connectivity index (χ1v) is 9.45. The predicted molar refractivity (Wildman–Crippen MR) is 111 cm³/mol. The van der Waals surface area contributed by atoms with E-state index >= 15 is 0 Å². The summed E-state index contributed by atoms with van der Waals surface area (Å²) in [5.74, 6) is -0.00405. The number of carbonyl (C=O) groups excluding carboxylic acids is 1. The normalized spacial score (nSPS) is 13.3. The number of hydrogen-bond donors (Lipinski definition) is 2. The summed E-state index contributed by atoms with van der Waals surface area (Å²) in [6.07, 6.45) is 1.61. The van der Waals surface area contributed by atoms with E-state index in [2.05, 4.69) is 9.97 Å². The van der Waals surface area contributed by atoms with Gasteiger partial charge >= 0.3 is 11.7 Å². The van der Waals surface area contributed by atoms with Gasteiger partial charge in [-0.1, -0.05) is 48.5 Å². The zero-order valence-corrected chi connectivity index (χ0v) is 16.3. The van der Waals surface area contributed by atoms with Crippen molar-refractivity contribution in [1.82, 2.24) is 9.97 Å². The molecule has 8 heteroatoms. The van der Waals surface area contributed by atoms with Crippen molar-refractivity contribution >= 4 is 11.8 Å². The number of aromatic amines is 1. The van der Waals surface area contributed by atoms with Gasteiger partial charge in [0.05, 0.1) is 18.8 Å². The number of aromatic nitrogens is 2. The van der Waals surface area contributed by atoms with Crippen LogP contribution in [0.25, 0.3) is 0 Å².